The Bertz CT molecular complexity index is 537. The number of hydrogen-bond acceptors (Lipinski definition) is 5. The second kappa shape index (κ2) is 3.78. The first-order valence-electron chi connectivity index (χ1n) is 4.49. The van der Waals surface area contributed by atoms with E-state index in [2.05, 4.69) is 9.97 Å². The largest absolute Gasteiger partial charge is 0.481 e. The van der Waals surface area contributed by atoms with Gasteiger partial charge in [-0.3, -0.25) is 14.2 Å². The predicted octanol–water partition coefficient (Wildman–Crippen LogP) is -0.178. The van der Waals surface area contributed by atoms with Gasteiger partial charge in [0, 0.05) is 6.20 Å². The van der Waals surface area contributed by atoms with Crippen molar-refractivity contribution >= 4 is 11.6 Å². The third kappa shape index (κ3) is 1.57. The molecule has 0 amide bonds. The minimum atomic E-state index is -1.15. The Balaban J connectivity index is 2.55. The van der Waals surface area contributed by atoms with Crippen LogP contribution in [0.4, 0.5) is 0 Å². The molecule has 84 valence electrons. The fourth-order valence-electron chi connectivity index (χ4n) is 1.34. The number of fused-ring (bicyclic) bond motifs is 1. The van der Waals surface area contributed by atoms with Gasteiger partial charge in [-0.1, -0.05) is 0 Å². The maximum atomic E-state index is 10.7. The molecule has 2 aromatic rings. The highest BCUT2D eigenvalue weighted by Gasteiger charge is 2.18. The number of rotatable bonds is 3. The van der Waals surface area contributed by atoms with Gasteiger partial charge in [-0.15, -0.1) is 0 Å². The van der Waals surface area contributed by atoms with Crippen LogP contribution in [0.5, 0.6) is 5.88 Å². The molecule has 0 aromatic carbocycles. The van der Waals surface area contributed by atoms with Gasteiger partial charge in [0.1, 0.15) is 6.04 Å². The van der Waals surface area contributed by atoms with Crippen molar-refractivity contribution in [2.24, 2.45) is 5.73 Å². The molecule has 3 N–H and O–H groups in total. The number of aliphatic carboxylic acids is 1. The molecule has 2 rings (SSSR count). The van der Waals surface area contributed by atoms with Crippen LogP contribution in [-0.4, -0.2) is 32.6 Å². The van der Waals surface area contributed by atoms with E-state index >= 15 is 0 Å². The van der Waals surface area contributed by atoms with Crippen molar-refractivity contribution in [2.45, 2.75) is 6.04 Å². The van der Waals surface area contributed by atoms with E-state index < -0.39 is 12.0 Å². The van der Waals surface area contributed by atoms with E-state index in [-0.39, 0.29) is 5.69 Å². The minimum Gasteiger partial charge on any atom is -0.481 e. The van der Waals surface area contributed by atoms with Gasteiger partial charge in [0.05, 0.1) is 25.2 Å². The summed E-state index contributed by atoms with van der Waals surface area (Å²) >= 11 is 0. The maximum absolute atomic E-state index is 10.7. The predicted molar refractivity (Wildman–Crippen MR) is 54.1 cm³/mol. The Morgan fingerprint density at radius 2 is 2.38 bits per heavy atom. The van der Waals surface area contributed by atoms with Crippen LogP contribution in [0, 0.1) is 0 Å². The number of ether oxygens (including phenoxy) is 1. The molecule has 0 fully saturated rings. The second-order valence-electron chi connectivity index (χ2n) is 3.16. The van der Waals surface area contributed by atoms with E-state index in [1.165, 1.54) is 25.7 Å². The van der Waals surface area contributed by atoms with Crippen molar-refractivity contribution in [2.75, 3.05) is 7.11 Å². The standard InChI is InChI=1S/C9H10N4O3/c1-16-7-3-11-2-6-12-5(4-13(6)7)8(10)9(14)15/h2-4,8H,10H2,1H3,(H,14,15). The van der Waals surface area contributed by atoms with Crippen LogP contribution in [0.15, 0.2) is 18.6 Å². The molecule has 0 spiro atoms. The number of carboxylic acids is 1. The average Bonchev–Trinajstić information content (AvgIpc) is 2.70. The number of aromatic nitrogens is 3. The van der Waals surface area contributed by atoms with Crippen molar-refractivity contribution in [1.29, 1.82) is 0 Å². The van der Waals surface area contributed by atoms with Crippen LogP contribution in [-0.2, 0) is 4.79 Å². The summed E-state index contributed by atoms with van der Waals surface area (Å²) in [4.78, 5) is 18.7. The molecule has 0 saturated heterocycles. The second-order valence-corrected chi connectivity index (χ2v) is 3.16. The van der Waals surface area contributed by atoms with Crippen molar-refractivity contribution < 1.29 is 14.6 Å². The van der Waals surface area contributed by atoms with Gasteiger partial charge in [0.2, 0.25) is 5.88 Å². The molecule has 1 atom stereocenters. The summed E-state index contributed by atoms with van der Waals surface area (Å²) in [6.45, 7) is 0. The third-order valence-corrected chi connectivity index (χ3v) is 2.16. The molecule has 0 aliphatic heterocycles. The molecule has 0 bridgehead atoms. The molecule has 7 nitrogen and oxygen atoms in total. The van der Waals surface area contributed by atoms with Crippen LogP contribution in [0.25, 0.3) is 5.65 Å². The zero-order valence-corrected chi connectivity index (χ0v) is 8.49. The molecule has 0 radical (unpaired) electrons. The highest BCUT2D eigenvalue weighted by Crippen LogP contribution is 2.16. The number of hydrogen-bond donors (Lipinski definition) is 2. The lowest BCUT2D eigenvalue weighted by Gasteiger charge is -2.01. The Morgan fingerprint density at radius 3 is 3.00 bits per heavy atom. The lowest BCUT2D eigenvalue weighted by Crippen LogP contribution is -2.20. The lowest BCUT2D eigenvalue weighted by molar-refractivity contribution is -0.138. The average molecular weight is 222 g/mol. The number of carboxylic acid groups (broad SMARTS) is 1. The first-order valence-corrected chi connectivity index (χ1v) is 4.49. The van der Waals surface area contributed by atoms with Crippen LogP contribution >= 0.6 is 0 Å². The van der Waals surface area contributed by atoms with E-state index in [0.29, 0.717) is 11.5 Å². The van der Waals surface area contributed by atoms with Crippen LogP contribution < -0.4 is 10.5 Å². The van der Waals surface area contributed by atoms with Crippen molar-refractivity contribution in [3.8, 4) is 5.88 Å². The van der Waals surface area contributed by atoms with Gasteiger partial charge in [0.25, 0.3) is 0 Å². The molecule has 16 heavy (non-hydrogen) atoms. The Labute approximate surface area is 90.5 Å². The first-order chi connectivity index (χ1) is 7.63. The normalized spacial score (nSPS) is 12.6. The van der Waals surface area contributed by atoms with Gasteiger partial charge in [-0.25, -0.2) is 4.98 Å². The summed E-state index contributed by atoms with van der Waals surface area (Å²) < 4.78 is 6.64. The molecule has 0 aliphatic carbocycles. The summed E-state index contributed by atoms with van der Waals surface area (Å²) in [5.74, 6) is -0.663. The summed E-state index contributed by atoms with van der Waals surface area (Å²) in [7, 11) is 1.49. The van der Waals surface area contributed by atoms with Gasteiger partial charge < -0.3 is 15.6 Å². The van der Waals surface area contributed by atoms with E-state index in [0.717, 1.165) is 0 Å². The van der Waals surface area contributed by atoms with Gasteiger partial charge >= 0.3 is 5.97 Å². The van der Waals surface area contributed by atoms with Gasteiger partial charge in [-0.2, -0.15) is 0 Å². The Hall–Kier alpha value is -2.15. The topological polar surface area (TPSA) is 103 Å². The fraction of sp³-hybridized carbons (Fsp3) is 0.222. The lowest BCUT2D eigenvalue weighted by atomic mass is 10.2. The third-order valence-electron chi connectivity index (χ3n) is 2.16. The monoisotopic (exact) mass is 222 g/mol. The molecule has 0 aliphatic rings. The number of nitrogens with zero attached hydrogens (tertiary/aromatic N) is 3. The van der Waals surface area contributed by atoms with Crippen molar-refractivity contribution in [3.63, 3.8) is 0 Å². The highest BCUT2D eigenvalue weighted by molar-refractivity contribution is 5.74. The summed E-state index contributed by atoms with van der Waals surface area (Å²) in [5.41, 5.74) is 6.21. The number of carbonyl (C=O) groups is 1. The van der Waals surface area contributed by atoms with Crippen LogP contribution in [0.2, 0.25) is 0 Å². The van der Waals surface area contributed by atoms with Gasteiger partial charge in [0.15, 0.2) is 5.65 Å². The molecule has 7 heteroatoms. The maximum Gasteiger partial charge on any atom is 0.326 e. The summed E-state index contributed by atoms with van der Waals surface area (Å²) in [6, 6.07) is -1.15. The zero-order chi connectivity index (χ0) is 11.7. The van der Waals surface area contributed by atoms with Crippen molar-refractivity contribution in [3.05, 3.63) is 24.3 Å². The smallest absolute Gasteiger partial charge is 0.326 e. The first kappa shape index (κ1) is 10.4. The Kier molecular flexibility index (Phi) is 2.45. The molecule has 0 saturated carbocycles. The number of imidazole rings is 1. The molecule has 2 aromatic heterocycles. The number of nitrogens with two attached hydrogens (primary N) is 1. The summed E-state index contributed by atoms with van der Waals surface area (Å²) in [5, 5.41) is 8.77. The molecular weight excluding hydrogens is 212 g/mol. The van der Waals surface area contributed by atoms with Crippen LogP contribution in [0.3, 0.4) is 0 Å². The summed E-state index contributed by atoms with van der Waals surface area (Å²) in [6.07, 6.45) is 4.53. The van der Waals surface area contributed by atoms with Crippen molar-refractivity contribution in [1.82, 2.24) is 14.4 Å². The zero-order valence-electron chi connectivity index (χ0n) is 8.49. The van der Waals surface area contributed by atoms with Gasteiger partial charge in [-0.05, 0) is 0 Å². The number of methoxy groups -OCH3 is 1. The van der Waals surface area contributed by atoms with E-state index in [9.17, 15) is 4.79 Å². The minimum absolute atomic E-state index is 0.263. The highest BCUT2D eigenvalue weighted by atomic mass is 16.5. The van der Waals surface area contributed by atoms with Crippen LogP contribution in [0.1, 0.15) is 11.7 Å². The Morgan fingerprint density at radius 1 is 1.62 bits per heavy atom. The SMILES string of the molecule is COc1cncc2nc(C(N)C(=O)O)cn12. The molecule has 2 heterocycles. The van der Waals surface area contributed by atoms with E-state index in [4.69, 9.17) is 15.6 Å². The molecular formula is C9H10N4O3. The quantitative estimate of drug-likeness (QED) is 0.746. The van der Waals surface area contributed by atoms with E-state index in [1.54, 1.807) is 4.40 Å². The molecule has 1 unspecified atom stereocenters. The fourth-order valence-corrected chi connectivity index (χ4v) is 1.34. The van der Waals surface area contributed by atoms with E-state index in [1.807, 2.05) is 0 Å².